The monoisotopic (exact) mass is 317 g/mol. The van der Waals surface area contributed by atoms with Gasteiger partial charge in [-0.3, -0.25) is 19.4 Å². The van der Waals surface area contributed by atoms with Gasteiger partial charge in [-0.05, 0) is 18.2 Å². The van der Waals surface area contributed by atoms with E-state index >= 15 is 0 Å². The van der Waals surface area contributed by atoms with Crippen LogP contribution in [0.5, 0.6) is 0 Å². The predicted octanol–water partition coefficient (Wildman–Crippen LogP) is 0.0532. The summed E-state index contributed by atoms with van der Waals surface area (Å²) in [6.45, 7) is -0.194. The number of benzene rings is 1. The van der Waals surface area contributed by atoms with Crippen molar-refractivity contribution in [3.63, 3.8) is 0 Å². The summed E-state index contributed by atoms with van der Waals surface area (Å²) in [6, 6.07) is 6.66. The van der Waals surface area contributed by atoms with Crippen LogP contribution in [0.4, 0.5) is 0 Å². The molecule has 3 N–H and O–H groups in total. The average molecular weight is 317 g/mol. The quantitative estimate of drug-likeness (QED) is 0.263. The second-order valence-electron chi connectivity index (χ2n) is 4.65. The van der Waals surface area contributed by atoms with E-state index in [1.165, 1.54) is 14.2 Å². The lowest BCUT2D eigenvalue weighted by Crippen LogP contribution is -2.32. The van der Waals surface area contributed by atoms with E-state index in [4.69, 9.17) is 5.84 Å². The third-order valence-electron chi connectivity index (χ3n) is 2.84. The van der Waals surface area contributed by atoms with Gasteiger partial charge in [0.05, 0.1) is 7.11 Å². The van der Waals surface area contributed by atoms with E-state index in [1.54, 1.807) is 24.3 Å². The van der Waals surface area contributed by atoms with E-state index in [9.17, 15) is 14.4 Å². The van der Waals surface area contributed by atoms with Crippen molar-refractivity contribution in [1.29, 1.82) is 0 Å². The fraction of sp³-hybridized carbons (Fsp3) is 0.312. The van der Waals surface area contributed by atoms with Crippen molar-refractivity contribution in [1.82, 2.24) is 10.3 Å². The molecule has 2 amide bonds. The number of hydrogen-bond acceptors (Lipinski definition) is 5. The Morgan fingerprint density at radius 1 is 1.35 bits per heavy atom. The van der Waals surface area contributed by atoms with Gasteiger partial charge in [-0.25, -0.2) is 5.84 Å². The van der Waals surface area contributed by atoms with Crippen molar-refractivity contribution in [3.05, 3.63) is 35.4 Å². The molecule has 0 aliphatic heterocycles. The summed E-state index contributed by atoms with van der Waals surface area (Å²) in [7, 11) is 2.73. The third kappa shape index (κ3) is 6.63. The number of carbonyl (C=O) groups excluding carboxylic acids is 3. The van der Waals surface area contributed by atoms with Crippen LogP contribution in [0.1, 0.15) is 28.8 Å². The SMILES string of the molecule is COC(=O)CNC(=O)c1cccc(C#CCCC(=O)N(C)N)c1. The molecule has 7 nitrogen and oxygen atoms in total. The zero-order valence-electron chi connectivity index (χ0n) is 13.1. The highest BCUT2D eigenvalue weighted by Gasteiger charge is 2.08. The van der Waals surface area contributed by atoms with Gasteiger partial charge in [-0.2, -0.15) is 0 Å². The normalized spacial score (nSPS) is 9.35. The van der Waals surface area contributed by atoms with Gasteiger partial charge >= 0.3 is 5.97 Å². The Labute approximate surface area is 134 Å². The number of nitrogens with two attached hydrogens (primary N) is 1. The molecule has 1 aromatic rings. The molecule has 1 rings (SSSR count). The number of esters is 1. The van der Waals surface area contributed by atoms with E-state index in [-0.39, 0.29) is 24.8 Å². The van der Waals surface area contributed by atoms with E-state index in [0.717, 1.165) is 5.01 Å². The molecule has 1 aromatic carbocycles. The summed E-state index contributed by atoms with van der Waals surface area (Å²) in [5.41, 5.74) is 1.03. The standard InChI is InChI=1S/C16H19N3O4/c1-19(17)14(20)9-4-3-6-12-7-5-8-13(10-12)16(22)18-11-15(21)23-2/h5,7-8,10H,4,9,11,17H2,1-2H3,(H,18,22). The van der Waals surface area contributed by atoms with Crippen LogP contribution < -0.4 is 11.2 Å². The van der Waals surface area contributed by atoms with E-state index in [2.05, 4.69) is 21.9 Å². The van der Waals surface area contributed by atoms with Crippen molar-refractivity contribution in [2.45, 2.75) is 12.8 Å². The van der Waals surface area contributed by atoms with Crippen molar-refractivity contribution in [3.8, 4) is 11.8 Å². The van der Waals surface area contributed by atoms with E-state index in [0.29, 0.717) is 17.5 Å². The lowest BCUT2D eigenvalue weighted by Gasteiger charge is -2.07. The number of amides is 2. The highest BCUT2D eigenvalue weighted by molar-refractivity contribution is 5.96. The smallest absolute Gasteiger partial charge is 0.325 e. The second-order valence-corrected chi connectivity index (χ2v) is 4.65. The summed E-state index contributed by atoms with van der Waals surface area (Å²) < 4.78 is 4.45. The van der Waals surface area contributed by atoms with Crippen molar-refractivity contribution >= 4 is 17.8 Å². The molecule has 0 atom stereocenters. The summed E-state index contributed by atoms with van der Waals surface area (Å²) in [4.78, 5) is 34.2. The Hall–Kier alpha value is -2.85. The molecule has 0 heterocycles. The molecule has 0 unspecified atom stereocenters. The Bertz CT molecular complexity index is 644. The molecule has 0 saturated carbocycles. The van der Waals surface area contributed by atoms with Crippen LogP contribution >= 0.6 is 0 Å². The fourth-order valence-electron chi connectivity index (χ4n) is 1.58. The molecule has 0 aliphatic carbocycles. The maximum Gasteiger partial charge on any atom is 0.325 e. The van der Waals surface area contributed by atoms with Crippen molar-refractivity contribution < 1.29 is 19.1 Å². The van der Waals surface area contributed by atoms with Crippen LogP contribution in [-0.2, 0) is 14.3 Å². The first kappa shape index (κ1) is 18.2. The third-order valence-corrected chi connectivity index (χ3v) is 2.84. The van der Waals surface area contributed by atoms with Gasteiger partial charge in [-0.1, -0.05) is 17.9 Å². The van der Waals surface area contributed by atoms with Crippen LogP contribution in [0, 0.1) is 11.8 Å². The molecule has 7 heteroatoms. The van der Waals surface area contributed by atoms with Gasteiger partial charge in [-0.15, -0.1) is 0 Å². The van der Waals surface area contributed by atoms with Gasteiger partial charge in [0.1, 0.15) is 6.54 Å². The number of nitrogens with zero attached hydrogens (tertiary/aromatic N) is 1. The first-order chi connectivity index (χ1) is 10.9. The molecule has 0 aliphatic rings. The predicted molar refractivity (Wildman–Crippen MR) is 83.9 cm³/mol. The minimum absolute atomic E-state index is 0.194. The molecule has 0 fully saturated rings. The lowest BCUT2D eigenvalue weighted by atomic mass is 10.1. The molecule has 0 saturated heterocycles. The highest BCUT2D eigenvalue weighted by atomic mass is 16.5. The topological polar surface area (TPSA) is 102 Å². The Balaban J connectivity index is 2.61. The van der Waals surface area contributed by atoms with Gasteiger partial charge < -0.3 is 10.1 Å². The second kappa shape index (κ2) is 9.23. The van der Waals surface area contributed by atoms with Crippen molar-refractivity contribution in [2.75, 3.05) is 20.7 Å². The Kier molecular flexibility index (Phi) is 7.30. The van der Waals surface area contributed by atoms with Gasteiger partial charge in [0.2, 0.25) is 5.91 Å². The molecule has 0 spiro atoms. The first-order valence-corrected chi connectivity index (χ1v) is 6.89. The molecular weight excluding hydrogens is 298 g/mol. The van der Waals surface area contributed by atoms with Crippen LogP contribution in [0.25, 0.3) is 0 Å². The first-order valence-electron chi connectivity index (χ1n) is 6.89. The number of methoxy groups -OCH3 is 1. The molecular formula is C16H19N3O4. The number of nitrogens with one attached hydrogen (secondary N) is 1. The average Bonchev–Trinajstić information content (AvgIpc) is 2.56. The fourth-order valence-corrected chi connectivity index (χ4v) is 1.58. The Morgan fingerprint density at radius 2 is 2.09 bits per heavy atom. The summed E-state index contributed by atoms with van der Waals surface area (Å²) in [5, 5.41) is 3.47. The number of hydrazine groups is 1. The van der Waals surface area contributed by atoms with E-state index < -0.39 is 5.97 Å². The highest BCUT2D eigenvalue weighted by Crippen LogP contribution is 2.04. The lowest BCUT2D eigenvalue weighted by molar-refractivity contribution is -0.139. The zero-order chi connectivity index (χ0) is 17.2. The molecule has 122 valence electrons. The largest absolute Gasteiger partial charge is 0.468 e. The van der Waals surface area contributed by atoms with Gasteiger partial charge in [0.15, 0.2) is 0 Å². The maximum atomic E-state index is 11.9. The maximum absolute atomic E-state index is 11.9. The Morgan fingerprint density at radius 3 is 2.74 bits per heavy atom. The summed E-state index contributed by atoms with van der Waals surface area (Å²) in [5.74, 6) is 9.92. The number of hydrogen-bond donors (Lipinski definition) is 2. The summed E-state index contributed by atoms with van der Waals surface area (Å²) in [6.07, 6.45) is 0.610. The van der Waals surface area contributed by atoms with E-state index in [1.807, 2.05) is 0 Å². The molecule has 23 heavy (non-hydrogen) atoms. The van der Waals surface area contributed by atoms with Crippen LogP contribution in [-0.4, -0.2) is 43.5 Å². The van der Waals surface area contributed by atoms with Crippen molar-refractivity contribution in [2.24, 2.45) is 5.84 Å². The molecule has 0 bridgehead atoms. The number of rotatable bonds is 5. The van der Waals surface area contributed by atoms with Gasteiger partial charge in [0.25, 0.3) is 5.91 Å². The number of ether oxygens (including phenoxy) is 1. The minimum atomic E-state index is -0.524. The van der Waals surface area contributed by atoms with Crippen LogP contribution in [0.15, 0.2) is 24.3 Å². The van der Waals surface area contributed by atoms with Gasteiger partial charge in [0, 0.05) is 31.0 Å². The summed E-state index contributed by atoms with van der Waals surface area (Å²) >= 11 is 0. The molecule has 0 aromatic heterocycles. The van der Waals surface area contributed by atoms with Crippen LogP contribution in [0.2, 0.25) is 0 Å². The minimum Gasteiger partial charge on any atom is -0.468 e. The zero-order valence-corrected chi connectivity index (χ0v) is 13.1. The molecule has 0 radical (unpaired) electrons. The number of carbonyl (C=O) groups is 3. The van der Waals surface area contributed by atoms with Crippen LogP contribution in [0.3, 0.4) is 0 Å².